The molecule has 3 aromatic carbocycles. The number of nitrogens with one attached hydrogen (secondary N) is 1. The second kappa shape index (κ2) is 13.7. The first-order valence-electron chi connectivity index (χ1n) is 14.5. The summed E-state index contributed by atoms with van der Waals surface area (Å²) < 4.78 is 60.6. The van der Waals surface area contributed by atoms with Crippen LogP contribution in [0.3, 0.4) is 0 Å². The van der Waals surface area contributed by atoms with E-state index in [2.05, 4.69) is 10.2 Å². The Labute approximate surface area is 249 Å². The molecule has 4 atom stereocenters. The number of esters is 1. The van der Waals surface area contributed by atoms with Crippen molar-refractivity contribution in [2.24, 2.45) is 11.8 Å². The lowest BCUT2D eigenvalue weighted by molar-refractivity contribution is -0.151. The summed E-state index contributed by atoms with van der Waals surface area (Å²) in [5.74, 6) is 2.72. The zero-order valence-electron chi connectivity index (χ0n) is 24.3. The predicted molar refractivity (Wildman–Crippen MR) is 155 cm³/mol. The van der Waals surface area contributed by atoms with Crippen LogP contribution >= 0.6 is 0 Å². The average Bonchev–Trinajstić information content (AvgIpc) is 3.45. The highest BCUT2D eigenvalue weighted by atomic mass is 19.4. The van der Waals surface area contributed by atoms with Gasteiger partial charge in [-0.15, -0.1) is 0 Å². The van der Waals surface area contributed by atoms with Crippen LogP contribution in [0.1, 0.15) is 23.6 Å². The van der Waals surface area contributed by atoms with Crippen LogP contribution in [0.15, 0.2) is 72.8 Å². The molecule has 1 unspecified atom stereocenters. The minimum atomic E-state index is -4.30. The highest BCUT2D eigenvalue weighted by molar-refractivity contribution is 5.75. The number of nitrogens with zero attached hydrogens (tertiary/aromatic N) is 1. The topological polar surface area (TPSA) is 69.3 Å². The van der Waals surface area contributed by atoms with Gasteiger partial charge in [-0.2, -0.15) is 13.2 Å². The Kier molecular flexibility index (Phi) is 9.77. The van der Waals surface area contributed by atoms with E-state index >= 15 is 0 Å². The van der Waals surface area contributed by atoms with E-state index in [1.807, 2.05) is 24.3 Å². The molecule has 0 aromatic heterocycles. The van der Waals surface area contributed by atoms with Crippen LogP contribution in [0.4, 0.5) is 13.2 Å². The first-order chi connectivity index (χ1) is 20.7. The fourth-order valence-corrected chi connectivity index (χ4v) is 5.66. The molecule has 1 aliphatic heterocycles. The molecule has 230 valence electrons. The summed E-state index contributed by atoms with van der Waals surface area (Å²) >= 11 is 0. The van der Waals surface area contributed by atoms with Gasteiger partial charge in [0.2, 0.25) is 0 Å². The quantitative estimate of drug-likeness (QED) is 0.198. The van der Waals surface area contributed by atoms with Crippen LogP contribution in [0.2, 0.25) is 0 Å². The Morgan fingerprint density at radius 3 is 2.12 bits per heavy atom. The van der Waals surface area contributed by atoms with Gasteiger partial charge in [-0.3, -0.25) is 4.90 Å². The molecule has 0 bridgehead atoms. The third-order valence-electron chi connectivity index (χ3n) is 7.94. The molecule has 1 N–H and O–H groups in total. The smallest absolute Gasteiger partial charge is 0.416 e. The van der Waals surface area contributed by atoms with Gasteiger partial charge in [0.15, 0.2) is 6.10 Å². The number of likely N-dealkylation sites (tertiary alicyclic amines) is 1. The molecule has 3 aromatic rings. The molecule has 1 heterocycles. The summed E-state index contributed by atoms with van der Waals surface area (Å²) in [6, 6.07) is 20.6. The van der Waals surface area contributed by atoms with E-state index in [9.17, 15) is 18.0 Å². The van der Waals surface area contributed by atoms with Crippen LogP contribution < -0.4 is 19.5 Å². The number of carbonyl (C=O) groups is 1. The molecule has 1 aliphatic carbocycles. The van der Waals surface area contributed by atoms with Crippen molar-refractivity contribution in [3.05, 3.63) is 89.5 Å². The Morgan fingerprint density at radius 1 is 0.907 bits per heavy atom. The van der Waals surface area contributed by atoms with Gasteiger partial charge in [0.1, 0.15) is 23.9 Å². The van der Waals surface area contributed by atoms with Gasteiger partial charge in [0.25, 0.3) is 0 Å². The van der Waals surface area contributed by atoms with Crippen LogP contribution in [0.5, 0.6) is 17.2 Å². The Morgan fingerprint density at radius 2 is 1.51 bits per heavy atom. The summed E-state index contributed by atoms with van der Waals surface area (Å²) in [5, 5.41) is 3.58. The lowest BCUT2D eigenvalue weighted by Crippen LogP contribution is -2.33. The maximum absolute atomic E-state index is 12.8. The summed E-state index contributed by atoms with van der Waals surface area (Å²) in [6.07, 6.45) is -4.73. The Hall–Kier alpha value is -3.76. The third-order valence-corrected chi connectivity index (χ3v) is 7.94. The van der Waals surface area contributed by atoms with E-state index in [1.54, 1.807) is 50.4 Å². The molecular formula is C33H37F3N2O5. The zero-order chi connectivity index (χ0) is 30.4. The largest absolute Gasteiger partial charge is 0.497 e. The number of alkyl halides is 3. The van der Waals surface area contributed by atoms with E-state index in [4.69, 9.17) is 18.9 Å². The summed E-state index contributed by atoms with van der Waals surface area (Å²) in [4.78, 5) is 14.9. The maximum Gasteiger partial charge on any atom is 0.416 e. The van der Waals surface area contributed by atoms with Crippen molar-refractivity contribution >= 4 is 5.97 Å². The molecule has 2 aliphatic rings. The second-order valence-corrected chi connectivity index (χ2v) is 10.9. The van der Waals surface area contributed by atoms with Crippen molar-refractivity contribution in [3.8, 4) is 17.2 Å². The van der Waals surface area contributed by atoms with E-state index in [0.29, 0.717) is 48.9 Å². The fourth-order valence-electron chi connectivity index (χ4n) is 5.66. The van der Waals surface area contributed by atoms with Crippen LogP contribution in [0, 0.1) is 11.8 Å². The molecule has 0 amide bonds. The molecule has 1 saturated heterocycles. The van der Waals surface area contributed by atoms with Crippen LogP contribution in [0.25, 0.3) is 0 Å². The van der Waals surface area contributed by atoms with Gasteiger partial charge in [-0.1, -0.05) is 24.3 Å². The van der Waals surface area contributed by atoms with Crippen molar-refractivity contribution in [1.29, 1.82) is 0 Å². The van der Waals surface area contributed by atoms with Crippen molar-refractivity contribution in [2.75, 3.05) is 40.0 Å². The standard InChI is InChI=1S/C33H37F3N2O5/c1-3-41-32(39)30(43-27-14-12-25(40-2)13-15-27)18-22-6-10-26(11-7-22)42-17-16-37-31-28-20-38(21-29(28)31)19-23-4-8-24(9-5-23)33(34,35)36/h4-15,28-31,37H,3,16-21H2,1-2H3/t28-,29+,30-,31?/m0/s1. The molecule has 0 spiro atoms. The average molecular weight is 599 g/mol. The Balaban J connectivity index is 1.01. The monoisotopic (exact) mass is 598 g/mol. The number of hydrogen-bond acceptors (Lipinski definition) is 7. The molecule has 5 rings (SSSR count). The molecule has 10 heteroatoms. The first kappa shape index (κ1) is 30.7. The van der Waals surface area contributed by atoms with E-state index in [0.717, 1.165) is 48.6 Å². The lowest BCUT2D eigenvalue weighted by Gasteiger charge is -2.20. The number of fused-ring (bicyclic) bond motifs is 1. The molecule has 1 saturated carbocycles. The number of methoxy groups -OCH3 is 1. The van der Waals surface area contributed by atoms with Crippen LogP contribution in [-0.4, -0.2) is 63.0 Å². The lowest BCUT2D eigenvalue weighted by atomic mass is 10.1. The van der Waals surface area contributed by atoms with Crippen molar-refractivity contribution in [3.63, 3.8) is 0 Å². The fraction of sp³-hybridized carbons (Fsp3) is 0.424. The van der Waals surface area contributed by atoms with Gasteiger partial charge in [0.05, 0.1) is 19.3 Å². The summed E-state index contributed by atoms with van der Waals surface area (Å²) in [5.41, 5.74) is 1.21. The predicted octanol–water partition coefficient (Wildman–Crippen LogP) is 5.37. The third kappa shape index (κ3) is 8.20. The first-order valence-corrected chi connectivity index (χ1v) is 14.5. The normalized spacial score (nSPS) is 20.3. The molecule has 0 radical (unpaired) electrons. The Bertz CT molecular complexity index is 1320. The summed E-state index contributed by atoms with van der Waals surface area (Å²) in [7, 11) is 1.59. The van der Waals surface area contributed by atoms with E-state index < -0.39 is 23.8 Å². The number of ether oxygens (including phenoxy) is 4. The number of piperidine rings is 1. The van der Waals surface area contributed by atoms with Crippen molar-refractivity contribution < 1.29 is 36.9 Å². The van der Waals surface area contributed by atoms with Crippen molar-refractivity contribution in [1.82, 2.24) is 10.2 Å². The number of rotatable bonds is 14. The van der Waals surface area contributed by atoms with E-state index in [-0.39, 0.29) is 6.61 Å². The summed E-state index contributed by atoms with van der Waals surface area (Å²) in [6.45, 7) is 5.84. The number of benzene rings is 3. The maximum atomic E-state index is 12.8. The molecule has 43 heavy (non-hydrogen) atoms. The SMILES string of the molecule is CCOC(=O)[C@H](Cc1ccc(OCCNC2[C@H]3CN(Cc4ccc(C(F)(F)F)cc4)C[C@@H]23)cc1)Oc1ccc(OC)cc1. The van der Waals surface area contributed by atoms with Gasteiger partial charge < -0.3 is 24.3 Å². The van der Waals surface area contributed by atoms with Gasteiger partial charge in [-0.05, 0) is 78.4 Å². The number of carbonyl (C=O) groups excluding carboxylic acids is 1. The highest BCUT2D eigenvalue weighted by Gasteiger charge is 2.55. The van der Waals surface area contributed by atoms with Gasteiger partial charge in [0, 0.05) is 38.6 Å². The van der Waals surface area contributed by atoms with Crippen molar-refractivity contribution in [2.45, 2.75) is 38.2 Å². The number of hydrogen-bond donors (Lipinski definition) is 1. The molecular weight excluding hydrogens is 561 g/mol. The van der Waals surface area contributed by atoms with Gasteiger partial charge >= 0.3 is 12.1 Å². The van der Waals surface area contributed by atoms with Crippen LogP contribution in [-0.2, 0) is 28.7 Å². The van der Waals surface area contributed by atoms with Gasteiger partial charge in [-0.25, -0.2) is 4.79 Å². The van der Waals surface area contributed by atoms with E-state index in [1.165, 1.54) is 0 Å². The molecule has 2 fully saturated rings. The minimum Gasteiger partial charge on any atom is -0.497 e. The molecule has 7 nitrogen and oxygen atoms in total. The number of halogens is 3. The highest BCUT2D eigenvalue weighted by Crippen LogP contribution is 2.45. The second-order valence-electron chi connectivity index (χ2n) is 10.9. The minimum absolute atomic E-state index is 0.269. The zero-order valence-corrected chi connectivity index (χ0v) is 24.3.